The molecule has 0 saturated carbocycles. The molecule has 2 aromatic rings. The summed E-state index contributed by atoms with van der Waals surface area (Å²) in [5.74, 6) is -1.07. The van der Waals surface area contributed by atoms with E-state index in [2.05, 4.69) is 0 Å². The van der Waals surface area contributed by atoms with Gasteiger partial charge in [0.1, 0.15) is 12.4 Å². The Bertz CT molecular complexity index is 693. The van der Waals surface area contributed by atoms with Crippen LogP contribution in [0, 0.1) is 23.0 Å². The zero-order chi connectivity index (χ0) is 15.4. The molecule has 0 aliphatic carbocycles. The summed E-state index contributed by atoms with van der Waals surface area (Å²) < 4.78 is 32.8. The first-order chi connectivity index (χ1) is 10.0. The third-order valence-corrected chi connectivity index (χ3v) is 3.05. The zero-order valence-corrected chi connectivity index (χ0v) is 11.4. The lowest BCUT2D eigenvalue weighted by atomic mass is 10.1. The van der Waals surface area contributed by atoms with Gasteiger partial charge >= 0.3 is 0 Å². The predicted octanol–water partition coefficient (Wildman–Crippen LogP) is 3.44. The third-order valence-electron chi connectivity index (χ3n) is 3.05. The fraction of sp³-hybridized carbons (Fsp3) is 0.188. The number of nitrogens with zero attached hydrogens (tertiary/aromatic N) is 1. The van der Waals surface area contributed by atoms with Crippen molar-refractivity contribution < 1.29 is 13.5 Å². The van der Waals surface area contributed by atoms with Crippen LogP contribution in [-0.4, -0.2) is 0 Å². The molecule has 0 saturated heterocycles. The van der Waals surface area contributed by atoms with Crippen LogP contribution in [0.25, 0.3) is 0 Å². The summed E-state index contributed by atoms with van der Waals surface area (Å²) in [6, 6.07) is 10.1. The topological polar surface area (TPSA) is 59.0 Å². The van der Waals surface area contributed by atoms with Gasteiger partial charge in [0.05, 0.1) is 11.6 Å². The van der Waals surface area contributed by atoms with Crippen molar-refractivity contribution in [1.82, 2.24) is 0 Å². The maximum Gasteiger partial charge on any atom is 0.165 e. The number of benzene rings is 2. The number of rotatable bonds is 4. The number of ether oxygens (including phenoxy) is 1. The molecule has 2 aromatic carbocycles. The van der Waals surface area contributed by atoms with Crippen LogP contribution in [0.2, 0.25) is 0 Å². The molecular weight excluding hydrogens is 274 g/mol. The van der Waals surface area contributed by atoms with Gasteiger partial charge in [-0.3, -0.25) is 0 Å². The SMILES string of the molecule is C[C@H](N)c1ccc(OCc2ccc(C#N)cc2F)c(F)c1. The average molecular weight is 288 g/mol. The Morgan fingerprint density at radius 2 is 1.95 bits per heavy atom. The Hall–Kier alpha value is -2.45. The normalized spacial score (nSPS) is 11.8. The highest BCUT2D eigenvalue weighted by molar-refractivity contribution is 5.34. The van der Waals surface area contributed by atoms with E-state index >= 15 is 0 Å². The number of nitriles is 1. The molecule has 1 atom stereocenters. The highest BCUT2D eigenvalue weighted by Crippen LogP contribution is 2.22. The first-order valence-corrected chi connectivity index (χ1v) is 6.37. The fourth-order valence-corrected chi connectivity index (χ4v) is 1.81. The van der Waals surface area contributed by atoms with Crippen molar-refractivity contribution in [3.63, 3.8) is 0 Å². The maximum absolute atomic E-state index is 13.8. The summed E-state index contributed by atoms with van der Waals surface area (Å²) in [4.78, 5) is 0. The van der Waals surface area contributed by atoms with Gasteiger partial charge in [-0.25, -0.2) is 8.78 Å². The van der Waals surface area contributed by atoms with Crippen molar-refractivity contribution in [3.05, 3.63) is 64.7 Å². The van der Waals surface area contributed by atoms with Crippen LogP contribution in [0.5, 0.6) is 5.75 Å². The summed E-state index contributed by atoms with van der Waals surface area (Å²) in [5.41, 5.74) is 6.80. The van der Waals surface area contributed by atoms with Gasteiger partial charge in [-0.05, 0) is 36.8 Å². The summed E-state index contributed by atoms with van der Waals surface area (Å²) in [6.07, 6.45) is 0. The van der Waals surface area contributed by atoms with Crippen molar-refractivity contribution in [2.45, 2.75) is 19.6 Å². The van der Waals surface area contributed by atoms with Gasteiger partial charge in [0.2, 0.25) is 0 Å². The Morgan fingerprint density at radius 1 is 1.19 bits per heavy atom. The Labute approximate surface area is 121 Å². The van der Waals surface area contributed by atoms with Crippen LogP contribution in [0.15, 0.2) is 36.4 Å². The smallest absolute Gasteiger partial charge is 0.165 e. The van der Waals surface area contributed by atoms with E-state index in [1.807, 2.05) is 6.07 Å². The Balaban J connectivity index is 2.12. The molecule has 21 heavy (non-hydrogen) atoms. The number of hydrogen-bond acceptors (Lipinski definition) is 3. The van der Waals surface area contributed by atoms with Crippen LogP contribution in [0.1, 0.15) is 29.7 Å². The highest BCUT2D eigenvalue weighted by Gasteiger charge is 2.09. The highest BCUT2D eigenvalue weighted by atomic mass is 19.1. The van der Waals surface area contributed by atoms with E-state index in [4.69, 9.17) is 15.7 Å². The van der Waals surface area contributed by atoms with Gasteiger partial charge in [-0.15, -0.1) is 0 Å². The molecule has 0 unspecified atom stereocenters. The summed E-state index contributed by atoms with van der Waals surface area (Å²) in [5, 5.41) is 8.66. The summed E-state index contributed by atoms with van der Waals surface area (Å²) in [6.45, 7) is 1.63. The molecule has 0 amide bonds. The van der Waals surface area contributed by atoms with Crippen molar-refractivity contribution in [1.29, 1.82) is 5.26 Å². The Morgan fingerprint density at radius 3 is 2.52 bits per heavy atom. The molecular formula is C16H14F2N2O. The number of nitrogens with two attached hydrogens (primary N) is 1. The van der Waals surface area contributed by atoms with Gasteiger partial charge < -0.3 is 10.5 Å². The molecule has 0 heterocycles. The van der Waals surface area contributed by atoms with E-state index in [0.29, 0.717) is 5.56 Å². The monoisotopic (exact) mass is 288 g/mol. The minimum absolute atomic E-state index is 0.0307. The van der Waals surface area contributed by atoms with E-state index in [9.17, 15) is 8.78 Å². The Kier molecular flexibility index (Phi) is 4.51. The van der Waals surface area contributed by atoms with E-state index < -0.39 is 11.6 Å². The molecule has 0 aromatic heterocycles. The molecule has 0 aliphatic heterocycles. The second-order valence-electron chi connectivity index (χ2n) is 4.69. The van der Waals surface area contributed by atoms with Crippen molar-refractivity contribution >= 4 is 0 Å². The van der Waals surface area contributed by atoms with Crippen LogP contribution in [0.3, 0.4) is 0 Å². The summed E-state index contributed by atoms with van der Waals surface area (Å²) in [7, 11) is 0. The molecule has 0 bridgehead atoms. The number of halogens is 2. The second kappa shape index (κ2) is 6.33. The lowest BCUT2D eigenvalue weighted by Gasteiger charge is -2.11. The third kappa shape index (κ3) is 3.56. The minimum atomic E-state index is -0.554. The minimum Gasteiger partial charge on any atom is -0.486 e. The van der Waals surface area contributed by atoms with Crippen LogP contribution >= 0.6 is 0 Å². The van der Waals surface area contributed by atoms with E-state index in [1.165, 1.54) is 24.3 Å². The standard InChI is InChI=1S/C16H14F2N2O/c1-10(20)12-4-5-16(15(18)7-12)21-9-13-3-2-11(8-19)6-14(13)17/h2-7,10H,9,20H2,1H3/t10-/m0/s1. The lowest BCUT2D eigenvalue weighted by Crippen LogP contribution is -2.06. The van der Waals surface area contributed by atoms with Crippen molar-refractivity contribution in [2.75, 3.05) is 0 Å². The first-order valence-electron chi connectivity index (χ1n) is 6.37. The molecule has 5 heteroatoms. The van der Waals surface area contributed by atoms with Gasteiger partial charge in [0.25, 0.3) is 0 Å². The quantitative estimate of drug-likeness (QED) is 0.937. The van der Waals surface area contributed by atoms with Gasteiger partial charge in [0.15, 0.2) is 11.6 Å². The molecule has 0 spiro atoms. The van der Waals surface area contributed by atoms with Crippen molar-refractivity contribution in [2.24, 2.45) is 5.73 Å². The van der Waals surface area contributed by atoms with Gasteiger partial charge in [-0.1, -0.05) is 12.1 Å². The van der Waals surface area contributed by atoms with Gasteiger partial charge in [-0.2, -0.15) is 5.26 Å². The van der Waals surface area contributed by atoms with Crippen molar-refractivity contribution in [3.8, 4) is 11.8 Å². The zero-order valence-electron chi connectivity index (χ0n) is 11.4. The molecule has 108 valence electrons. The molecule has 2 rings (SSSR count). The largest absolute Gasteiger partial charge is 0.486 e. The van der Waals surface area contributed by atoms with Crippen LogP contribution in [0.4, 0.5) is 8.78 Å². The van der Waals surface area contributed by atoms with Gasteiger partial charge in [0, 0.05) is 11.6 Å². The average Bonchev–Trinajstić information content (AvgIpc) is 2.46. The molecule has 0 aliphatic rings. The van der Waals surface area contributed by atoms with Crippen LogP contribution < -0.4 is 10.5 Å². The van der Waals surface area contributed by atoms with E-state index in [1.54, 1.807) is 13.0 Å². The summed E-state index contributed by atoms with van der Waals surface area (Å²) >= 11 is 0. The lowest BCUT2D eigenvalue weighted by molar-refractivity contribution is 0.284. The predicted molar refractivity (Wildman–Crippen MR) is 74.4 cm³/mol. The fourth-order valence-electron chi connectivity index (χ4n) is 1.81. The molecule has 0 radical (unpaired) electrons. The second-order valence-corrected chi connectivity index (χ2v) is 4.69. The molecule has 0 fully saturated rings. The first kappa shape index (κ1) is 14.9. The number of hydrogen-bond donors (Lipinski definition) is 1. The van der Waals surface area contributed by atoms with E-state index in [0.717, 1.165) is 6.07 Å². The maximum atomic E-state index is 13.8. The van der Waals surface area contributed by atoms with E-state index in [-0.39, 0.29) is 29.5 Å². The molecule has 3 nitrogen and oxygen atoms in total. The molecule has 2 N–H and O–H groups in total. The van der Waals surface area contributed by atoms with Crippen LogP contribution in [-0.2, 0) is 6.61 Å².